The van der Waals surface area contributed by atoms with Gasteiger partial charge in [-0.15, -0.1) is 0 Å². The molecule has 3 rings (SSSR count). The number of aromatic amines is 1. The number of halogens is 1. The number of benzene rings is 2. The molecule has 1 aromatic heterocycles. The van der Waals surface area contributed by atoms with Crippen LogP contribution >= 0.6 is 0 Å². The van der Waals surface area contributed by atoms with Gasteiger partial charge in [0.2, 0.25) is 0 Å². The minimum absolute atomic E-state index is 0.206. The number of pyridine rings is 1. The first kappa shape index (κ1) is 11.5. The van der Waals surface area contributed by atoms with E-state index in [-0.39, 0.29) is 11.4 Å². The van der Waals surface area contributed by atoms with Gasteiger partial charge in [0.15, 0.2) is 0 Å². The molecule has 0 spiro atoms. The summed E-state index contributed by atoms with van der Waals surface area (Å²) in [4.78, 5) is 14.7. The molecule has 0 aliphatic heterocycles. The van der Waals surface area contributed by atoms with Crippen LogP contribution in [-0.4, -0.2) is 4.98 Å². The minimum atomic E-state index is -0.307. The number of hydrogen-bond donors (Lipinski definition) is 2. The van der Waals surface area contributed by atoms with Crippen LogP contribution in [0.5, 0.6) is 0 Å². The molecule has 0 atom stereocenters. The Hall–Kier alpha value is -2.62. The monoisotopic (exact) mass is 254 g/mol. The zero-order valence-electron chi connectivity index (χ0n) is 9.98. The average molecular weight is 254 g/mol. The van der Waals surface area contributed by atoms with Gasteiger partial charge in [0, 0.05) is 16.6 Å². The third-order valence-electron chi connectivity index (χ3n) is 2.88. The summed E-state index contributed by atoms with van der Waals surface area (Å²) in [7, 11) is 0. The molecule has 0 saturated heterocycles. The standard InChI is InChI=1S/C15H11FN2O/c16-11-5-7-12(8-6-11)17-14-9-10-3-1-2-4-13(10)18-15(14)19/h1-9,17H,(H,18,19). The van der Waals surface area contributed by atoms with Gasteiger partial charge in [-0.3, -0.25) is 4.79 Å². The van der Waals surface area contributed by atoms with Crippen LogP contribution < -0.4 is 10.9 Å². The molecule has 0 bridgehead atoms. The number of aromatic nitrogens is 1. The van der Waals surface area contributed by atoms with Gasteiger partial charge in [-0.1, -0.05) is 18.2 Å². The molecule has 1 heterocycles. The summed E-state index contributed by atoms with van der Waals surface area (Å²) >= 11 is 0. The minimum Gasteiger partial charge on any atom is -0.351 e. The van der Waals surface area contributed by atoms with Gasteiger partial charge in [0.1, 0.15) is 11.5 Å². The molecule has 3 aromatic rings. The van der Waals surface area contributed by atoms with E-state index in [2.05, 4.69) is 10.3 Å². The Balaban J connectivity index is 2.03. The summed E-state index contributed by atoms with van der Waals surface area (Å²) in [6.45, 7) is 0. The highest BCUT2D eigenvalue weighted by Gasteiger charge is 2.03. The van der Waals surface area contributed by atoms with Crippen molar-refractivity contribution in [2.75, 3.05) is 5.32 Å². The normalized spacial score (nSPS) is 10.6. The van der Waals surface area contributed by atoms with Crippen molar-refractivity contribution in [2.24, 2.45) is 0 Å². The van der Waals surface area contributed by atoms with Crippen LogP contribution in [0.4, 0.5) is 15.8 Å². The molecule has 4 heteroatoms. The Morgan fingerprint density at radius 1 is 1.00 bits per heavy atom. The van der Waals surface area contributed by atoms with Crippen LogP contribution in [0, 0.1) is 5.82 Å². The van der Waals surface area contributed by atoms with E-state index >= 15 is 0 Å². The second-order valence-corrected chi connectivity index (χ2v) is 4.23. The molecule has 94 valence electrons. The van der Waals surface area contributed by atoms with E-state index in [1.165, 1.54) is 12.1 Å². The molecule has 2 aromatic carbocycles. The van der Waals surface area contributed by atoms with E-state index in [4.69, 9.17) is 0 Å². The van der Waals surface area contributed by atoms with Crippen LogP contribution in [0.3, 0.4) is 0 Å². The maximum atomic E-state index is 12.8. The van der Waals surface area contributed by atoms with Crippen molar-refractivity contribution in [3.05, 3.63) is 70.8 Å². The van der Waals surface area contributed by atoms with Gasteiger partial charge >= 0.3 is 0 Å². The first-order valence-corrected chi connectivity index (χ1v) is 5.87. The maximum absolute atomic E-state index is 12.8. The summed E-state index contributed by atoms with van der Waals surface area (Å²) in [6.07, 6.45) is 0. The lowest BCUT2D eigenvalue weighted by Gasteiger charge is -2.06. The number of fused-ring (bicyclic) bond motifs is 1. The molecule has 0 fully saturated rings. The van der Waals surface area contributed by atoms with Crippen LogP contribution in [0.2, 0.25) is 0 Å². The zero-order chi connectivity index (χ0) is 13.2. The highest BCUT2D eigenvalue weighted by Crippen LogP contribution is 2.17. The number of para-hydroxylation sites is 1. The van der Waals surface area contributed by atoms with Crippen molar-refractivity contribution >= 4 is 22.3 Å². The van der Waals surface area contributed by atoms with Gasteiger partial charge in [0.25, 0.3) is 5.56 Å². The SMILES string of the molecule is O=c1[nH]c2ccccc2cc1Nc1ccc(F)cc1. The van der Waals surface area contributed by atoms with Crippen LogP contribution in [0.15, 0.2) is 59.4 Å². The molecule has 3 nitrogen and oxygen atoms in total. The molecule has 0 saturated carbocycles. The topological polar surface area (TPSA) is 44.9 Å². The number of H-pyrrole nitrogens is 1. The largest absolute Gasteiger partial charge is 0.351 e. The Bertz CT molecular complexity index is 778. The summed E-state index contributed by atoms with van der Waals surface area (Å²) < 4.78 is 12.8. The van der Waals surface area contributed by atoms with Crippen LogP contribution in [0.1, 0.15) is 0 Å². The second kappa shape index (κ2) is 4.57. The van der Waals surface area contributed by atoms with E-state index in [0.29, 0.717) is 11.4 Å². The van der Waals surface area contributed by atoms with E-state index in [9.17, 15) is 9.18 Å². The van der Waals surface area contributed by atoms with Crippen molar-refractivity contribution < 1.29 is 4.39 Å². The summed E-state index contributed by atoms with van der Waals surface area (Å²) in [6, 6.07) is 15.2. The fourth-order valence-corrected chi connectivity index (χ4v) is 1.93. The molecule has 0 aliphatic carbocycles. The lowest BCUT2D eigenvalue weighted by Crippen LogP contribution is -2.11. The fraction of sp³-hybridized carbons (Fsp3) is 0. The van der Waals surface area contributed by atoms with Crippen LogP contribution in [-0.2, 0) is 0 Å². The highest BCUT2D eigenvalue weighted by molar-refractivity contribution is 5.82. The fourth-order valence-electron chi connectivity index (χ4n) is 1.93. The molecule has 0 radical (unpaired) electrons. The predicted octanol–water partition coefficient (Wildman–Crippen LogP) is 3.41. The van der Waals surface area contributed by atoms with Gasteiger partial charge in [-0.25, -0.2) is 4.39 Å². The second-order valence-electron chi connectivity index (χ2n) is 4.23. The van der Waals surface area contributed by atoms with Crippen molar-refractivity contribution in [3.8, 4) is 0 Å². The smallest absolute Gasteiger partial charge is 0.272 e. The van der Waals surface area contributed by atoms with E-state index < -0.39 is 0 Å². The summed E-state index contributed by atoms with van der Waals surface area (Å²) in [5.74, 6) is -0.307. The van der Waals surface area contributed by atoms with Crippen molar-refractivity contribution in [1.82, 2.24) is 4.98 Å². The highest BCUT2D eigenvalue weighted by atomic mass is 19.1. The van der Waals surface area contributed by atoms with Gasteiger partial charge in [0.05, 0.1) is 0 Å². The Morgan fingerprint density at radius 3 is 2.53 bits per heavy atom. The zero-order valence-corrected chi connectivity index (χ0v) is 9.98. The summed E-state index contributed by atoms with van der Waals surface area (Å²) in [5.41, 5.74) is 1.69. The van der Waals surface area contributed by atoms with E-state index in [1.807, 2.05) is 24.3 Å². The van der Waals surface area contributed by atoms with Crippen molar-refractivity contribution in [1.29, 1.82) is 0 Å². The van der Waals surface area contributed by atoms with Gasteiger partial charge in [-0.2, -0.15) is 0 Å². The number of nitrogens with one attached hydrogen (secondary N) is 2. The third kappa shape index (κ3) is 2.33. The van der Waals surface area contributed by atoms with Crippen molar-refractivity contribution in [2.45, 2.75) is 0 Å². The molecule has 0 amide bonds. The summed E-state index contributed by atoms with van der Waals surface area (Å²) in [5, 5.41) is 3.92. The first-order valence-electron chi connectivity index (χ1n) is 5.87. The maximum Gasteiger partial charge on any atom is 0.272 e. The Kier molecular flexibility index (Phi) is 2.76. The molecule has 2 N–H and O–H groups in total. The first-order chi connectivity index (χ1) is 9.22. The van der Waals surface area contributed by atoms with Gasteiger partial charge in [-0.05, 0) is 36.4 Å². The lowest BCUT2D eigenvalue weighted by molar-refractivity contribution is 0.628. The quantitative estimate of drug-likeness (QED) is 0.736. The van der Waals surface area contributed by atoms with E-state index in [0.717, 1.165) is 10.9 Å². The Morgan fingerprint density at radius 2 is 1.74 bits per heavy atom. The van der Waals surface area contributed by atoms with E-state index in [1.54, 1.807) is 18.2 Å². The molecule has 0 aliphatic rings. The third-order valence-corrected chi connectivity index (χ3v) is 2.88. The van der Waals surface area contributed by atoms with Crippen molar-refractivity contribution in [3.63, 3.8) is 0 Å². The Labute approximate surface area is 108 Å². The average Bonchev–Trinajstić information content (AvgIpc) is 2.42. The number of rotatable bonds is 2. The van der Waals surface area contributed by atoms with Crippen LogP contribution in [0.25, 0.3) is 10.9 Å². The number of anilines is 2. The lowest BCUT2D eigenvalue weighted by atomic mass is 10.2. The molecule has 19 heavy (non-hydrogen) atoms. The molecular weight excluding hydrogens is 243 g/mol. The molecule has 0 unspecified atom stereocenters. The predicted molar refractivity (Wildman–Crippen MR) is 74.3 cm³/mol. The number of hydrogen-bond acceptors (Lipinski definition) is 2. The molecular formula is C15H11FN2O. The van der Waals surface area contributed by atoms with Gasteiger partial charge < -0.3 is 10.3 Å².